The molecule has 2 atom stereocenters. The smallest absolute Gasteiger partial charge is 0.328 e. The predicted octanol–water partition coefficient (Wildman–Crippen LogP) is 1.83. The van der Waals surface area contributed by atoms with Gasteiger partial charge in [-0.2, -0.15) is 0 Å². The number of aromatic nitrogens is 2. The quantitative estimate of drug-likeness (QED) is 0.290. The molecular weight excluding hydrogens is 498 g/mol. The molecule has 0 bridgehead atoms. The first-order chi connectivity index (χ1) is 16.7. The molecule has 13 heteroatoms. The average Bonchev–Trinajstić information content (AvgIpc) is 3.11. The topological polar surface area (TPSA) is 177 Å². The van der Waals surface area contributed by atoms with E-state index in [1.54, 1.807) is 24.3 Å². The first-order valence-corrected chi connectivity index (χ1v) is 11.4. The third-order valence-corrected chi connectivity index (χ3v) is 6.27. The van der Waals surface area contributed by atoms with Gasteiger partial charge < -0.3 is 20.8 Å². The molecule has 0 unspecified atom stereocenters. The number of amidine groups is 1. The Kier molecular flexibility index (Phi) is 6.94. The Morgan fingerprint density at radius 2 is 1.86 bits per heavy atom. The second-order valence-corrected chi connectivity index (χ2v) is 9.09. The van der Waals surface area contributed by atoms with Crippen molar-refractivity contribution in [2.45, 2.75) is 17.7 Å². The lowest BCUT2D eigenvalue weighted by molar-refractivity contribution is -0.122. The fraction of sp³-hybridized carbons (Fsp3) is 0.136. The molecule has 180 valence electrons. The molecule has 0 aliphatic carbocycles. The summed E-state index contributed by atoms with van der Waals surface area (Å²) in [6, 6.07) is 11.1. The summed E-state index contributed by atoms with van der Waals surface area (Å²) in [6.07, 6.45) is -0.156. The third kappa shape index (κ3) is 5.73. The number of nitrogens with zero attached hydrogens (tertiary/aromatic N) is 1. The Balaban J connectivity index is 1.59. The molecule has 6 N–H and O–H groups in total. The molecule has 2 aromatic carbocycles. The number of anilines is 1. The van der Waals surface area contributed by atoms with Crippen LogP contribution in [0.3, 0.4) is 0 Å². The number of nitrogens with one attached hydrogen (secondary N) is 4. The fourth-order valence-corrected chi connectivity index (χ4v) is 4.55. The van der Waals surface area contributed by atoms with Crippen molar-refractivity contribution < 1.29 is 19.8 Å². The molecule has 11 nitrogen and oxygen atoms in total. The van der Waals surface area contributed by atoms with E-state index >= 15 is 0 Å². The summed E-state index contributed by atoms with van der Waals surface area (Å²) in [5.41, 5.74) is -1.16. The molecule has 2 heterocycles. The van der Waals surface area contributed by atoms with E-state index in [0.29, 0.717) is 16.3 Å². The van der Waals surface area contributed by atoms with Crippen molar-refractivity contribution in [1.82, 2.24) is 15.3 Å². The van der Waals surface area contributed by atoms with Crippen molar-refractivity contribution in [3.8, 4) is 11.6 Å². The number of carbonyl (C=O) groups excluding carboxylic acids is 2. The van der Waals surface area contributed by atoms with Crippen molar-refractivity contribution >= 4 is 46.0 Å². The number of aliphatic imine (C=N–C) groups is 1. The van der Waals surface area contributed by atoms with Gasteiger partial charge in [0.25, 0.3) is 5.56 Å². The highest BCUT2D eigenvalue weighted by molar-refractivity contribution is 8.15. The molecule has 3 aromatic rings. The summed E-state index contributed by atoms with van der Waals surface area (Å²) in [4.78, 5) is 57.5. The zero-order valence-corrected chi connectivity index (χ0v) is 19.3. The van der Waals surface area contributed by atoms with Crippen LogP contribution in [0.2, 0.25) is 5.02 Å². The van der Waals surface area contributed by atoms with E-state index in [4.69, 9.17) is 11.6 Å². The third-order valence-electron chi connectivity index (χ3n) is 4.94. The van der Waals surface area contributed by atoms with Crippen molar-refractivity contribution in [3.63, 3.8) is 0 Å². The van der Waals surface area contributed by atoms with E-state index in [0.717, 1.165) is 11.8 Å². The van der Waals surface area contributed by atoms with Gasteiger partial charge in [-0.25, -0.2) is 9.79 Å². The van der Waals surface area contributed by atoms with E-state index in [9.17, 15) is 29.4 Å². The van der Waals surface area contributed by atoms with Gasteiger partial charge in [0.05, 0.1) is 0 Å². The average molecular weight is 516 g/mol. The van der Waals surface area contributed by atoms with Gasteiger partial charge in [-0.1, -0.05) is 41.6 Å². The van der Waals surface area contributed by atoms with Crippen LogP contribution in [0.15, 0.2) is 63.1 Å². The monoisotopic (exact) mass is 515 g/mol. The van der Waals surface area contributed by atoms with Crippen molar-refractivity contribution in [2.75, 3.05) is 5.32 Å². The van der Waals surface area contributed by atoms with Crippen LogP contribution in [-0.4, -0.2) is 42.4 Å². The molecule has 1 aliphatic heterocycles. The summed E-state index contributed by atoms with van der Waals surface area (Å²) in [6.45, 7) is 0. The summed E-state index contributed by atoms with van der Waals surface area (Å²) in [5.74, 6) is -1.59. The Bertz CT molecular complexity index is 1440. The van der Waals surface area contributed by atoms with Gasteiger partial charge in [-0.15, -0.1) is 0 Å². The minimum Gasteiger partial charge on any atom is -0.508 e. The molecule has 2 amide bonds. The number of halogens is 1. The molecular formula is C22H18ClN5O6S. The van der Waals surface area contributed by atoms with Crippen LogP contribution in [-0.2, 0) is 9.59 Å². The van der Waals surface area contributed by atoms with E-state index in [2.05, 4.69) is 20.6 Å². The second kappa shape index (κ2) is 10.1. The molecule has 4 rings (SSSR count). The normalized spacial score (nSPS) is 17.2. The molecule has 0 saturated carbocycles. The van der Waals surface area contributed by atoms with Crippen LogP contribution >= 0.6 is 23.4 Å². The maximum Gasteiger partial charge on any atom is 0.328 e. The maximum absolute atomic E-state index is 12.5. The first-order valence-electron chi connectivity index (χ1n) is 10.1. The van der Waals surface area contributed by atoms with Crippen molar-refractivity contribution in [2.24, 2.45) is 4.99 Å². The predicted molar refractivity (Wildman–Crippen MR) is 131 cm³/mol. The van der Waals surface area contributed by atoms with Crippen LogP contribution in [0.25, 0.3) is 0 Å². The minimum absolute atomic E-state index is 0.0333. The lowest BCUT2D eigenvalue weighted by atomic mass is 10.0. The van der Waals surface area contributed by atoms with Gasteiger partial charge >= 0.3 is 5.69 Å². The molecule has 0 radical (unpaired) electrons. The van der Waals surface area contributed by atoms with Crippen molar-refractivity contribution in [1.29, 1.82) is 0 Å². The van der Waals surface area contributed by atoms with Gasteiger partial charge in [0.15, 0.2) is 5.17 Å². The summed E-state index contributed by atoms with van der Waals surface area (Å²) in [7, 11) is 0. The molecule has 1 saturated heterocycles. The number of aromatic amines is 2. The summed E-state index contributed by atoms with van der Waals surface area (Å²) in [5, 5.41) is 24.9. The van der Waals surface area contributed by atoms with Crippen LogP contribution in [0.5, 0.6) is 11.6 Å². The van der Waals surface area contributed by atoms with Crippen LogP contribution in [0.1, 0.15) is 23.6 Å². The highest BCUT2D eigenvalue weighted by atomic mass is 35.5. The van der Waals surface area contributed by atoms with Crippen molar-refractivity contribution in [3.05, 3.63) is 85.5 Å². The van der Waals surface area contributed by atoms with Gasteiger partial charge in [0.1, 0.15) is 22.6 Å². The summed E-state index contributed by atoms with van der Waals surface area (Å²) >= 11 is 6.90. The number of thioether (sulfide) groups is 1. The SMILES string of the molecule is O=C(C[C@@H]1SC(=N[C@H](c2ccc(O)cc2)c2c(O)[nH]c(=O)[nH]c2=O)NC1=O)Nc1cccc(Cl)c1. The lowest BCUT2D eigenvalue weighted by Crippen LogP contribution is -2.29. The van der Waals surface area contributed by atoms with E-state index < -0.39 is 40.2 Å². The molecule has 0 spiro atoms. The number of hydrogen-bond acceptors (Lipinski definition) is 8. The summed E-state index contributed by atoms with van der Waals surface area (Å²) < 4.78 is 0. The number of hydrogen-bond donors (Lipinski definition) is 6. The Hall–Kier alpha value is -4.03. The lowest BCUT2D eigenvalue weighted by Gasteiger charge is -2.14. The number of rotatable bonds is 6. The number of H-pyrrole nitrogens is 2. The number of aromatic hydroxyl groups is 2. The number of phenolic OH excluding ortho intramolecular Hbond substituents is 1. The molecule has 1 aromatic heterocycles. The molecule has 1 aliphatic rings. The number of benzene rings is 2. The van der Waals surface area contributed by atoms with Gasteiger partial charge in [-0.05, 0) is 35.9 Å². The minimum atomic E-state index is -1.14. The Morgan fingerprint density at radius 3 is 2.54 bits per heavy atom. The zero-order valence-electron chi connectivity index (χ0n) is 17.7. The Morgan fingerprint density at radius 1 is 1.11 bits per heavy atom. The largest absolute Gasteiger partial charge is 0.508 e. The first kappa shape index (κ1) is 24.1. The highest BCUT2D eigenvalue weighted by Crippen LogP contribution is 2.32. The van der Waals surface area contributed by atoms with Gasteiger partial charge in [0, 0.05) is 17.1 Å². The van der Waals surface area contributed by atoms with E-state index in [1.807, 2.05) is 4.98 Å². The van der Waals surface area contributed by atoms with Gasteiger partial charge in [-0.3, -0.25) is 24.4 Å². The Labute approximate surface area is 206 Å². The van der Waals surface area contributed by atoms with Crippen LogP contribution < -0.4 is 21.9 Å². The number of amides is 2. The fourth-order valence-electron chi connectivity index (χ4n) is 3.36. The standard InChI is InChI=1S/C22H18ClN5O6S/c23-11-2-1-3-12(8-11)24-15(30)9-14-18(31)28-22(35-14)25-17(10-4-6-13(29)7-5-10)16-19(32)26-21(34)27-20(16)33/h1-8,14,17,29H,9H2,(H,24,30)(H,25,28,31)(H3,26,27,32,33,34)/t14-,17+/m0/s1. The number of phenols is 1. The van der Waals surface area contributed by atoms with Crippen LogP contribution in [0.4, 0.5) is 5.69 Å². The molecule has 35 heavy (non-hydrogen) atoms. The highest BCUT2D eigenvalue weighted by Gasteiger charge is 2.33. The number of carbonyl (C=O) groups is 2. The molecule has 1 fully saturated rings. The zero-order chi connectivity index (χ0) is 25.1. The maximum atomic E-state index is 12.5. The van der Waals surface area contributed by atoms with E-state index in [1.165, 1.54) is 24.3 Å². The van der Waals surface area contributed by atoms with E-state index in [-0.39, 0.29) is 22.9 Å². The van der Waals surface area contributed by atoms with Crippen LogP contribution in [0, 0.1) is 0 Å². The second-order valence-electron chi connectivity index (χ2n) is 7.46. The van der Waals surface area contributed by atoms with Gasteiger partial charge in [0.2, 0.25) is 17.7 Å².